The fourth-order valence-corrected chi connectivity index (χ4v) is 2.64. The van der Waals surface area contributed by atoms with E-state index in [1.165, 1.54) is 0 Å². The van der Waals surface area contributed by atoms with Gasteiger partial charge in [0.2, 0.25) is 6.79 Å². The lowest BCUT2D eigenvalue weighted by Crippen LogP contribution is -2.12. The van der Waals surface area contributed by atoms with Crippen molar-refractivity contribution in [2.24, 2.45) is 0 Å². The molecule has 7 nitrogen and oxygen atoms in total. The van der Waals surface area contributed by atoms with Gasteiger partial charge in [-0.3, -0.25) is 4.79 Å². The minimum atomic E-state index is -0.269. The number of carbonyl (C=O) groups is 1. The van der Waals surface area contributed by atoms with E-state index in [0.717, 1.165) is 17.1 Å². The molecule has 136 valence electrons. The van der Waals surface area contributed by atoms with Gasteiger partial charge in [0.15, 0.2) is 11.5 Å². The molecule has 0 bridgehead atoms. The van der Waals surface area contributed by atoms with Crippen LogP contribution in [0.3, 0.4) is 0 Å². The Kier molecular flexibility index (Phi) is 4.49. The molecule has 4 rings (SSSR count). The normalized spacial score (nSPS) is 11.7. The standard InChI is InChI=1S/C20H17N3O4/c1-25-16-4-2-3-14(10-16)22-15-6-8-19(21-11-15)23-20(24)13-5-7-17-18(9-13)27-12-26-17/h2-11,22H,12H2,1H3,(H,21,23,24). The first-order valence-electron chi connectivity index (χ1n) is 8.29. The second kappa shape index (κ2) is 7.25. The van der Waals surface area contributed by atoms with Crippen LogP contribution >= 0.6 is 0 Å². The quantitative estimate of drug-likeness (QED) is 0.717. The highest BCUT2D eigenvalue weighted by Crippen LogP contribution is 2.32. The maximum Gasteiger partial charge on any atom is 0.256 e. The third kappa shape index (κ3) is 3.77. The predicted molar refractivity (Wildman–Crippen MR) is 101 cm³/mol. The molecule has 2 aromatic carbocycles. The summed E-state index contributed by atoms with van der Waals surface area (Å²) in [5, 5.41) is 6.00. The number of carbonyl (C=O) groups excluding carboxylic acids is 1. The van der Waals surface area contributed by atoms with E-state index in [9.17, 15) is 4.79 Å². The van der Waals surface area contributed by atoms with Gasteiger partial charge in [0.25, 0.3) is 5.91 Å². The first-order valence-corrected chi connectivity index (χ1v) is 8.29. The lowest BCUT2D eigenvalue weighted by molar-refractivity contribution is 0.102. The van der Waals surface area contributed by atoms with Gasteiger partial charge in [-0.05, 0) is 42.5 Å². The molecule has 7 heteroatoms. The Bertz CT molecular complexity index is 973. The Morgan fingerprint density at radius 2 is 1.93 bits per heavy atom. The highest BCUT2D eigenvalue weighted by Gasteiger charge is 2.16. The molecular formula is C20H17N3O4. The number of fused-ring (bicyclic) bond motifs is 1. The van der Waals surface area contributed by atoms with Crippen molar-refractivity contribution < 1.29 is 19.0 Å². The molecule has 2 heterocycles. The fourth-order valence-electron chi connectivity index (χ4n) is 2.64. The van der Waals surface area contributed by atoms with E-state index in [2.05, 4.69) is 15.6 Å². The number of ether oxygens (including phenoxy) is 3. The maximum atomic E-state index is 12.4. The summed E-state index contributed by atoms with van der Waals surface area (Å²) in [6, 6.07) is 16.2. The van der Waals surface area contributed by atoms with Gasteiger partial charge in [-0.1, -0.05) is 6.07 Å². The highest BCUT2D eigenvalue weighted by atomic mass is 16.7. The molecule has 0 unspecified atom stereocenters. The number of amides is 1. The zero-order chi connectivity index (χ0) is 18.6. The Labute approximate surface area is 155 Å². The summed E-state index contributed by atoms with van der Waals surface area (Å²) in [5.41, 5.74) is 2.15. The van der Waals surface area contributed by atoms with Crippen LogP contribution in [0.5, 0.6) is 17.2 Å². The van der Waals surface area contributed by atoms with Crippen LogP contribution in [-0.2, 0) is 0 Å². The molecule has 0 spiro atoms. The number of nitrogens with one attached hydrogen (secondary N) is 2. The molecule has 1 amide bonds. The largest absolute Gasteiger partial charge is 0.497 e. The Hall–Kier alpha value is -3.74. The van der Waals surface area contributed by atoms with Crippen LogP contribution in [0.4, 0.5) is 17.2 Å². The van der Waals surface area contributed by atoms with Crippen molar-refractivity contribution in [3.8, 4) is 17.2 Å². The van der Waals surface area contributed by atoms with Crippen molar-refractivity contribution in [2.75, 3.05) is 24.5 Å². The number of benzene rings is 2. The molecule has 0 atom stereocenters. The van der Waals surface area contributed by atoms with Crippen LogP contribution in [0.15, 0.2) is 60.8 Å². The molecule has 0 fully saturated rings. The van der Waals surface area contributed by atoms with Crippen molar-refractivity contribution >= 4 is 23.1 Å². The Morgan fingerprint density at radius 3 is 2.74 bits per heavy atom. The third-order valence-corrected chi connectivity index (χ3v) is 4.00. The van der Waals surface area contributed by atoms with Crippen LogP contribution in [-0.4, -0.2) is 24.8 Å². The molecule has 0 aliphatic carbocycles. The molecule has 1 aliphatic rings. The number of methoxy groups -OCH3 is 1. The summed E-state index contributed by atoms with van der Waals surface area (Å²) < 4.78 is 15.7. The van der Waals surface area contributed by atoms with E-state index in [1.54, 1.807) is 37.6 Å². The average molecular weight is 363 g/mol. The van der Waals surface area contributed by atoms with E-state index in [-0.39, 0.29) is 12.7 Å². The monoisotopic (exact) mass is 363 g/mol. The second-order valence-electron chi connectivity index (χ2n) is 5.81. The van der Waals surface area contributed by atoms with Crippen LogP contribution in [0.25, 0.3) is 0 Å². The van der Waals surface area contributed by atoms with E-state index in [4.69, 9.17) is 14.2 Å². The molecule has 3 aromatic rings. The minimum Gasteiger partial charge on any atom is -0.497 e. The summed E-state index contributed by atoms with van der Waals surface area (Å²) in [7, 11) is 1.62. The van der Waals surface area contributed by atoms with Crippen molar-refractivity contribution in [1.82, 2.24) is 4.98 Å². The van der Waals surface area contributed by atoms with E-state index in [1.807, 2.05) is 30.3 Å². The van der Waals surface area contributed by atoms with E-state index < -0.39 is 0 Å². The molecule has 1 aliphatic heterocycles. The average Bonchev–Trinajstić information content (AvgIpc) is 3.17. The van der Waals surface area contributed by atoms with Gasteiger partial charge in [-0.25, -0.2) is 4.98 Å². The number of anilines is 3. The van der Waals surface area contributed by atoms with Crippen LogP contribution in [0.1, 0.15) is 10.4 Å². The first-order chi connectivity index (χ1) is 13.2. The molecule has 0 saturated heterocycles. The van der Waals surface area contributed by atoms with Crippen LogP contribution in [0.2, 0.25) is 0 Å². The summed E-state index contributed by atoms with van der Waals surface area (Å²) in [4.78, 5) is 16.7. The van der Waals surface area contributed by atoms with Gasteiger partial charge in [0.1, 0.15) is 11.6 Å². The number of pyridine rings is 1. The molecule has 27 heavy (non-hydrogen) atoms. The number of aromatic nitrogens is 1. The van der Waals surface area contributed by atoms with Crippen LogP contribution < -0.4 is 24.8 Å². The van der Waals surface area contributed by atoms with Gasteiger partial charge >= 0.3 is 0 Å². The molecule has 1 aromatic heterocycles. The Morgan fingerprint density at radius 1 is 1.04 bits per heavy atom. The van der Waals surface area contributed by atoms with Gasteiger partial charge in [-0.15, -0.1) is 0 Å². The van der Waals surface area contributed by atoms with Gasteiger partial charge in [-0.2, -0.15) is 0 Å². The van der Waals surface area contributed by atoms with Gasteiger partial charge < -0.3 is 24.8 Å². The summed E-state index contributed by atoms with van der Waals surface area (Å²) in [6.07, 6.45) is 1.65. The summed E-state index contributed by atoms with van der Waals surface area (Å²) in [5.74, 6) is 2.15. The number of rotatable bonds is 5. The smallest absolute Gasteiger partial charge is 0.256 e. The summed E-state index contributed by atoms with van der Waals surface area (Å²) in [6.45, 7) is 0.170. The van der Waals surface area contributed by atoms with E-state index in [0.29, 0.717) is 22.9 Å². The highest BCUT2D eigenvalue weighted by molar-refractivity contribution is 6.04. The van der Waals surface area contributed by atoms with Gasteiger partial charge in [0.05, 0.1) is 19.0 Å². The van der Waals surface area contributed by atoms with Crippen molar-refractivity contribution in [1.29, 1.82) is 0 Å². The van der Waals surface area contributed by atoms with Gasteiger partial charge in [0, 0.05) is 17.3 Å². The predicted octanol–water partition coefficient (Wildman–Crippen LogP) is 3.81. The topological polar surface area (TPSA) is 81.7 Å². The molecule has 0 radical (unpaired) electrons. The maximum absolute atomic E-state index is 12.4. The molecular weight excluding hydrogens is 346 g/mol. The summed E-state index contributed by atoms with van der Waals surface area (Å²) >= 11 is 0. The van der Waals surface area contributed by atoms with Crippen molar-refractivity contribution in [2.45, 2.75) is 0 Å². The SMILES string of the molecule is COc1cccc(Nc2ccc(NC(=O)c3ccc4c(c3)OCO4)nc2)c1. The number of hydrogen-bond acceptors (Lipinski definition) is 6. The minimum absolute atomic E-state index is 0.170. The lowest BCUT2D eigenvalue weighted by atomic mass is 10.2. The zero-order valence-corrected chi connectivity index (χ0v) is 14.6. The number of nitrogens with zero attached hydrogens (tertiary/aromatic N) is 1. The molecule has 0 saturated carbocycles. The first kappa shape index (κ1) is 16.7. The molecule has 2 N–H and O–H groups in total. The number of hydrogen-bond donors (Lipinski definition) is 2. The van der Waals surface area contributed by atoms with E-state index >= 15 is 0 Å². The third-order valence-electron chi connectivity index (χ3n) is 4.00. The Balaban J connectivity index is 1.42. The zero-order valence-electron chi connectivity index (χ0n) is 14.6. The fraction of sp³-hybridized carbons (Fsp3) is 0.100. The second-order valence-corrected chi connectivity index (χ2v) is 5.81. The lowest BCUT2D eigenvalue weighted by Gasteiger charge is -2.09. The van der Waals surface area contributed by atoms with Crippen molar-refractivity contribution in [3.05, 3.63) is 66.4 Å². The van der Waals surface area contributed by atoms with Crippen LogP contribution in [0, 0.1) is 0 Å². The van der Waals surface area contributed by atoms with Crippen molar-refractivity contribution in [3.63, 3.8) is 0 Å².